The van der Waals surface area contributed by atoms with E-state index in [2.05, 4.69) is 24.3 Å². The van der Waals surface area contributed by atoms with E-state index < -0.39 is 0 Å². The first-order valence-corrected chi connectivity index (χ1v) is 4.70. The second kappa shape index (κ2) is 2.14. The van der Waals surface area contributed by atoms with Crippen LogP contribution in [0.1, 0.15) is 29.4 Å². The van der Waals surface area contributed by atoms with Gasteiger partial charge in [-0.2, -0.15) is 0 Å². The van der Waals surface area contributed by atoms with Crippen molar-refractivity contribution in [3.63, 3.8) is 0 Å². The highest BCUT2D eigenvalue weighted by atomic mass is 35.5. The maximum Gasteiger partial charge on any atom is 0.0446 e. The third-order valence-electron chi connectivity index (χ3n) is 2.94. The molecular weight excluding hydrogens is 168 g/mol. The molecule has 1 heteroatoms. The molecule has 60 valence electrons. The molecule has 3 rings (SSSR count). The normalized spacial score (nSPS) is 29.4. The first-order chi connectivity index (χ1) is 5.86. The summed E-state index contributed by atoms with van der Waals surface area (Å²) in [6, 6.07) is 6.25. The summed E-state index contributed by atoms with van der Waals surface area (Å²) < 4.78 is 0. The Morgan fingerprint density at radius 1 is 1.17 bits per heavy atom. The van der Waals surface area contributed by atoms with Gasteiger partial charge in [-0.25, -0.2) is 0 Å². The van der Waals surface area contributed by atoms with Gasteiger partial charge >= 0.3 is 0 Å². The van der Waals surface area contributed by atoms with Crippen molar-refractivity contribution in [2.45, 2.75) is 18.3 Å². The highest BCUT2D eigenvalue weighted by molar-refractivity contribution is 6.31. The van der Waals surface area contributed by atoms with Gasteiger partial charge < -0.3 is 0 Å². The number of allylic oxidation sites excluding steroid dienone is 2. The third-order valence-corrected chi connectivity index (χ3v) is 3.27. The summed E-state index contributed by atoms with van der Waals surface area (Å²) in [5, 5.41) is 0.948. The molecule has 1 aromatic rings. The quantitative estimate of drug-likeness (QED) is 0.531. The average molecular weight is 177 g/mol. The summed E-state index contributed by atoms with van der Waals surface area (Å²) in [6.07, 6.45) is 5.85. The summed E-state index contributed by atoms with van der Waals surface area (Å²) >= 11 is 6.13. The van der Waals surface area contributed by atoms with Crippen molar-refractivity contribution >= 4 is 11.6 Å². The first kappa shape index (κ1) is 6.73. The lowest BCUT2D eigenvalue weighted by Gasteiger charge is -2.10. The maximum atomic E-state index is 6.13. The van der Waals surface area contributed by atoms with Crippen molar-refractivity contribution in [3.8, 4) is 0 Å². The fourth-order valence-corrected chi connectivity index (χ4v) is 2.73. The van der Waals surface area contributed by atoms with Crippen molar-refractivity contribution in [1.29, 1.82) is 0 Å². The topological polar surface area (TPSA) is 0 Å². The zero-order chi connectivity index (χ0) is 8.13. The average Bonchev–Trinajstić information content (AvgIpc) is 2.64. The molecule has 2 unspecified atom stereocenters. The van der Waals surface area contributed by atoms with Crippen molar-refractivity contribution in [3.05, 3.63) is 46.5 Å². The van der Waals surface area contributed by atoms with Crippen LogP contribution in [0.25, 0.3) is 0 Å². The lowest BCUT2D eigenvalue weighted by atomic mass is 9.97. The van der Waals surface area contributed by atoms with Gasteiger partial charge in [0, 0.05) is 16.9 Å². The van der Waals surface area contributed by atoms with Crippen LogP contribution in [0.2, 0.25) is 5.02 Å². The molecule has 2 bridgehead atoms. The van der Waals surface area contributed by atoms with E-state index in [9.17, 15) is 0 Å². The Morgan fingerprint density at radius 3 is 2.83 bits per heavy atom. The predicted molar refractivity (Wildman–Crippen MR) is 50.7 cm³/mol. The van der Waals surface area contributed by atoms with Crippen LogP contribution in [0.4, 0.5) is 0 Å². The summed E-state index contributed by atoms with van der Waals surface area (Å²) in [5.41, 5.74) is 2.83. The monoisotopic (exact) mass is 176 g/mol. The van der Waals surface area contributed by atoms with Gasteiger partial charge in [0.2, 0.25) is 0 Å². The Balaban J connectivity index is 2.30. The van der Waals surface area contributed by atoms with Crippen LogP contribution in [0.5, 0.6) is 0 Å². The van der Waals surface area contributed by atoms with Gasteiger partial charge in [-0.1, -0.05) is 35.9 Å². The molecule has 0 aromatic heterocycles. The maximum absolute atomic E-state index is 6.13. The molecule has 0 amide bonds. The molecular formula is C11H9Cl. The van der Waals surface area contributed by atoms with E-state index in [0.717, 1.165) is 5.02 Å². The lowest BCUT2D eigenvalue weighted by molar-refractivity contribution is 0.804. The Morgan fingerprint density at radius 2 is 2.00 bits per heavy atom. The molecule has 0 spiro atoms. The zero-order valence-electron chi connectivity index (χ0n) is 6.63. The van der Waals surface area contributed by atoms with Crippen LogP contribution in [-0.2, 0) is 0 Å². The molecule has 0 nitrogen and oxygen atoms in total. The highest BCUT2D eigenvalue weighted by Crippen LogP contribution is 2.50. The number of hydrogen-bond acceptors (Lipinski definition) is 0. The Bertz CT molecular complexity index is 365. The predicted octanol–water partition coefficient (Wildman–Crippen LogP) is 3.48. The molecule has 2 aliphatic carbocycles. The molecule has 0 aliphatic heterocycles. The largest absolute Gasteiger partial charge is 0.0840 e. The van der Waals surface area contributed by atoms with Crippen LogP contribution in [0.15, 0.2) is 30.4 Å². The fraction of sp³-hybridized carbons (Fsp3) is 0.273. The molecule has 0 heterocycles. The molecule has 12 heavy (non-hydrogen) atoms. The summed E-state index contributed by atoms with van der Waals surface area (Å²) in [4.78, 5) is 0. The number of halogens is 1. The van der Waals surface area contributed by atoms with E-state index in [0.29, 0.717) is 11.8 Å². The summed E-state index contributed by atoms with van der Waals surface area (Å²) in [7, 11) is 0. The number of benzene rings is 1. The Labute approximate surface area is 76.9 Å². The second-order valence-corrected chi connectivity index (χ2v) is 3.98. The molecule has 0 N–H and O–H groups in total. The molecule has 0 saturated heterocycles. The highest BCUT2D eigenvalue weighted by Gasteiger charge is 2.33. The lowest BCUT2D eigenvalue weighted by Crippen LogP contribution is -1.92. The van der Waals surface area contributed by atoms with Crippen LogP contribution >= 0.6 is 11.6 Å². The van der Waals surface area contributed by atoms with Crippen molar-refractivity contribution in [1.82, 2.24) is 0 Å². The van der Waals surface area contributed by atoms with Crippen molar-refractivity contribution < 1.29 is 0 Å². The summed E-state index contributed by atoms with van der Waals surface area (Å²) in [5.74, 6) is 1.27. The van der Waals surface area contributed by atoms with Gasteiger partial charge in [0.1, 0.15) is 0 Å². The first-order valence-electron chi connectivity index (χ1n) is 4.33. The third kappa shape index (κ3) is 0.688. The Kier molecular flexibility index (Phi) is 1.20. The van der Waals surface area contributed by atoms with E-state index in [-0.39, 0.29) is 0 Å². The SMILES string of the molecule is Clc1cccc2c1C1C=CC2C1. The molecule has 0 saturated carbocycles. The van der Waals surface area contributed by atoms with Gasteiger partial charge in [0.15, 0.2) is 0 Å². The smallest absolute Gasteiger partial charge is 0.0446 e. The van der Waals surface area contributed by atoms with E-state index in [1.165, 1.54) is 17.5 Å². The second-order valence-electron chi connectivity index (χ2n) is 3.58. The van der Waals surface area contributed by atoms with Gasteiger partial charge in [0.25, 0.3) is 0 Å². The number of hydrogen-bond donors (Lipinski definition) is 0. The minimum Gasteiger partial charge on any atom is -0.0840 e. The van der Waals surface area contributed by atoms with Gasteiger partial charge in [0.05, 0.1) is 0 Å². The van der Waals surface area contributed by atoms with Gasteiger partial charge in [-0.05, 0) is 23.6 Å². The van der Waals surface area contributed by atoms with E-state index >= 15 is 0 Å². The molecule has 0 fully saturated rings. The zero-order valence-corrected chi connectivity index (χ0v) is 7.38. The summed E-state index contributed by atoms with van der Waals surface area (Å²) in [6.45, 7) is 0. The Hall–Kier alpha value is -0.750. The van der Waals surface area contributed by atoms with E-state index in [4.69, 9.17) is 11.6 Å². The molecule has 1 aromatic carbocycles. The number of fused-ring (bicyclic) bond motifs is 5. The van der Waals surface area contributed by atoms with Crippen LogP contribution in [0, 0.1) is 0 Å². The number of rotatable bonds is 0. The van der Waals surface area contributed by atoms with E-state index in [1.54, 1.807) is 0 Å². The van der Waals surface area contributed by atoms with Crippen LogP contribution in [0.3, 0.4) is 0 Å². The van der Waals surface area contributed by atoms with Gasteiger partial charge in [-0.3, -0.25) is 0 Å². The molecule has 2 aliphatic rings. The molecule has 2 atom stereocenters. The minimum atomic E-state index is 0.610. The van der Waals surface area contributed by atoms with Crippen LogP contribution in [-0.4, -0.2) is 0 Å². The molecule has 0 radical (unpaired) electrons. The van der Waals surface area contributed by atoms with Crippen molar-refractivity contribution in [2.24, 2.45) is 0 Å². The standard InChI is InChI=1S/C11H9Cl/c12-10-3-1-2-9-7-4-5-8(6-7)11(9)10/h1-5,7-8H,6H2. The van der Waals surface area contributed by atoms with Crippen molar-refractivity contribution in [2.75, 3.05) is 0 Å². The van der Waals surface area contributed by atoms with E-state index in [1.807, 2.05) is 6.07 Å². The van der Waals surface area contributed by atoms with Gasteiger partial charge in [-0.15, -0.1) is 0 Å². The fourth-order valence-electron chi connectivity index (χ4n) is 2.41. The van der Waals surface area contributed by atoms with Crippen LogP contribution < -0.4 is 0 Å². The minimum absolute atomic E-state index is 0.610.